The zero-order valence-corrected chi connectivity index (χ0v) is 30.3. The molecule has 0 bridgehead atoms. The van der Waals surface area contributed by atoms with Gasteiger partial charge in [-0.3, -0.25) is 4.90 Å². The normalized spacial score (nSPS) is 19.3. The molecule has 0 amide bonds. The average molecular weight is 707 g/mol. The van der Waals surface area contributed by atoms with Gasteiger partial charge in [-0.05, 0) is 64.0 Å². The van der Waals surface area contributed by atoms with Gasteiger partial charge in [0.2, 0.25) is 0 Å². The molecule has 51 heavy (non-hydrogen) atoms. The smallest absolute Gasteiger partial charge is 0.260 e. The third-order valence-electron chi connectivity index (χ3n) is 11.4. The van der Waals surface area contributed by atoms with Gasteiger partial charge < -0.3 is 15.1 Å². The summed E-state index contributed by atoms with van der Waals surface area (Å²) < 4.78 is 48.7. The average Bonchev–Trinajstić information content (AvgIpc) is 3.48. The fourth-order valence-corrected chi connectivity index (χ4v) is 12.0. The topological polar surface area (TPSA) is 75.1 Å². The van der Waals surface area contributed by atoms with E-state index in [1.54, 1.807) is 18.2 Å². The van der Waals surface area contributed by atoms with Gasteiger partial charge in [-0.15, -0.1) is 0 Å². The Hall–Kier alpha value is -4.20. The van der Waals surface area contributed by atoms with Gasteiger partial charge in [0, 0.05) is 48.1 Å². The van der Waals surface area contributed by atoms with Crippen molar-refractivity contribution >= 4 is 29.6 Å². The number of benzene rings is 4. The third-order valence-corrected chi connectivity index (χ3v) is 16.0. The highest BCUT2D eigenvalue weighted by atomic mass is 28.4. The number of aromatic nitrogens is 1. The molecule has 1 unspecified atom stereocenters. The molecule has 264 valence electrons. The van der Waals surface area contributed by atoms with E-state index in [0.717, 1.165) is 32.5 Å². The van der Waals surface area contributed by atoms with Gasteiger partial charge in [0.25, 0.3) is 14.2 Å². The maximum absolute atomic E-state index is 16.6. The molecule has 2 aliphatic rings. The zero-order chi connectivity index (χ0) is 36.0. The van der Waals surface area contributed by atoms with Gasteiger partial charge in [-0.2, -0.15) is 5.26 Å². The molecule has 3 atom stereocenters. The monoisotopic (exact) mass is 706 g/mol. The summed E-state index contributed by atoms with van der Waals surface area (Å²) in [6.45, 7) is 6.43. The van der Waals surface area contributed by atoms with Crippen LogP contribution in [-0.2, 0) is 6.42 Å². The Morgan fingerprint density at radius 2 is 1.55 bits per heavy atom. The summed E-state index contributed by atoms with van der Waals surface area (Å²) in [5.74, 6) is -3.27. The molecule has 3 heterocycles. The van der Waals surface area contributed by atoms with Crippen LogP contribution < -0.4 is 15.7 Å². The van der Waals surface area contributed by atoms with Crippen molar-refractivity contribution < 1.29 is 18.0 Å². The van der Waals surface area contributed by atoms with Crippen LogP contribution in [0.25, 0.3) is 10.9 Å². The Kier molecular flexibility index (Phi) is 9.48. The standard InChI is InChI=1S/C42H45F3N4OSi/c1-28-22-36-35-16-10-11-17-37(35)48-39(36)40(34-19-18-29(23-30(34)24-46)38(43)31-25-47-26-31)49(28)27-42(44,45)21-20-41(2,3)51(50,32-12-6-4-7-13-32)33-14-8-5-9-15-33/h4-19,23,28,31,38,40,47-48,50H,20-22,25-27H2,1-3H3/t28-,38?,40-/m1/s1. The van der Waals surface area contributed by atoms with E-state index in [-0.39, 0.29) is 18.4 Å². The largest absolute Gasteiger partial charge is 0.424 e. The molecule has 4 aromatic carbocycles. The van der Waals surface area contributed by atoms with Crippen molar-refractivity contribution in [1.82, 2.24) is 15.2 Å². The summed E-state index contributed by atoms with van der Waals surface area (Å²) in [5, 5.41) is 15.3. The lowest BCUT2D eigenvalue weighted by molar-refractivity contribution is -0.0609. The number of halogens is 3. The van der Waals surface area contributed by atoms with Gasteiger partial charge in [0.15, 0.2) is 0 Å². The summed E-state index contributed by atoms with van der Waals surface area (Å²) in [6, 6.07) is 33.3. The fourth-order valence-electron chi connectivity index (χ4n) is 8.29. The van der Waals surface area contributed by atoms with Crippen molar-refractivity contribution in [3.63, 3.8) is 0 Å². The van der Waals surface area contributed by atoms with Crippen LogP contribution in [0.3, 0.4) is 0 Å². The lowest BCUT2D eigenvalue weighted by atomic mass is 9.84. The fraction of sp³-hybridized carbons (Fsp3) is 0.357. The molecule has 3 N–H and O–H groups in total. The molecular formula is C42H45F3N4OSi. The maximum Gasteiger partial charge on any atom is 0.260 e. The number of aromatic amines is 1. The van der Waals surface area contributed by atoms with Gasteiger partial charge in [0.1, 0.15) is 6.17 Å². The molecule has 5 aromatic rings. The Morgan fingerprint density at radius 1 is 0.922 bits per heavy atom. The number of alkyl halides is 3. The lowest BCUT2D eigenvalue weighted by Crippen LogP contribution is -2.65. The molecule has 9 heteroatoms. The second-order valence-corrected chi connectivity index (χ2v) is 19.1. The molecule has 1 saturated heterocycles. The number of rotatable bonds is 11. The number of nitrogens with one attached hydrogen (secondary N) is 2. The number of hydrogen-bond donors (Lipinski definition) is 3. The second-order valence-electron chi connectivity index (χ2n) is 15.2. The summed E-state index contributed by atoms with van der Waals surface area (Å²) in [7, 11) is -3.48. The molecule has 1 fully saturated rings. The summed E-state index contributed by atoms with van der Waals surface area (Å²) in [5.41, 5.74) is 4.09. The zero-order valence-electron chi connectivity index (χ0n) is 29.3. The predicted octanol–water partition coefficient (Wildman–Crippen LogP) is 7.55. The predicted molar refractivity (Wildman–Crippen MR) is 200 cm³/mol. The van der Waals surface area contributed by atoms with Crippen molar-refractivity contribution in [3.8, 4) is 6.07 Å². The van der Waals surface area contributed by atoms with Crippen molar-refractivity contribution in [2.75, 3.05) is 19.6 Å². The lowest BCUT2D eigenvalue weighted by Gasteiger charge is -2.44. The third kappa shape index (κ3) is 6.44. The number of H-pyrrole nitrogens is 1. The second kappa shape index (κ2) is 13.7. The van der Waals surface area contributed by atoms with E-state index >= 15 is 13.2 Å². The Balaban J connectivity index is 1.23. The van der Waals surface area contributed by atoms with E-state index in [0.29, 0.717) is 36.2 Å². The summed E-state index contributed by atoms with van der Waals surface area (Å²) in [4.78, 5) is 18.0. The Bertz CT molecular complexity index is 2000. The molecule has 7 rings (SSSR count). The van der Waals surface area contributed by atoms with E-state index in [9.17, 15) is 10.1 Å². The number of para-hydroxylation sites is 1. The van der Waals surface area contributed by atoms with Gasteiger partial charge in [-0.25, -0.2) is 13.2 Å². The molecule has 0 saturated carbocycles. The van der Waals surface area contributed by atoms with Crippen LogP contribution in [0.2, 0.25) is 5.04 Å². The van der Waals surface area contributed by atoms with E-state index in [1.807, 2.05) is 111 Å². The SMILES string of the molecule is C[C@@H]1Cc2c([nH]c3ccccc23)[C@@H](c2ccc(C(F)C3CNC3)cc2C#N)N1CC(F)(F)CCC(C)(C)[Si](O)(c1ccccc1)c1ccccc1. The summed E-state index contributed by atoms with van der Waals surface area (Å²) in [6.07, 6.45) is -0.969. The van der Waals surface area contributed by atoms with Gasteiger partial charge in [0.05, 0.1) is 24.2 Å². The minimum atomic E-state index is -3.48. The number of hydrogen-bond acceptors (Lipinski definition) is 4. The Labute approximate surface area is 299 Å². The van der Waals surface area contributed by atoms with Crippen molar-refractivity contribution in [2.24, 2.45) is 5.92 Å². The van der Waals surface area contributed by atoms with E-state index in [2.05, 4.69) is 16.4 Å². The first-order valence-electron chi connectivity index (χ1n) is 17.9. The molecule has 0 aliphatic carbocycles. The van der Waals surface area contributed by atoms with Crippen LogP contribution in [0, 0.1) is 17.2 Å². The highest BCUT2D eigenvalue weighted by Crippen LogP contribution is 2.46. The molecule has 2 aliphatic heterocycles. The quantitative estimate of drug-likeness (QED) is 0.124. The van der Waals surface area contributed by atoms with Crippen LogP contribution in [0.15, 0.2) is 103 Å². The van der Waals surface area contributed by atoms with E-state index in [1.165, 1.54) is 0 Å². The van der Waals surface area contributed by atoms with E-state index in [4.69, 9.17) is 0 Å². The van der Waals surface area contributed by atoms with Crippen LogP contribution in [-0.4, -0.2) is 54.6 Å². The minimum Gasteiger partial charge on any atom is -0.424 e. The first-order chi connectivity index (χ1) is 24.4. The van der Waals surface area contributed by atoms with Crippen molar-refractivity contribution in [2.45, 2.75) is 69.2 Å². The first kappa shape index (κ1) is 35.2. The van der Waals surface area contributed by atoms with Crippen molar-refractivity contribution in [1.29, 1.82) is 5.26 Å². The minimum absolute atomic E-state index is 0.100. The highest BCUT2D eigenvalue weighted by molar-refractivity contribution is 6.98. The number of nitrogens with zero attached hydrogens (tertiary/aromatic N) is 2. The molecule has 0 radical (unpaired) electrons. The number of nitriles is 1. The van der Waals surface area contributed by atoms with Crippen LogP contribution >= 0.6 is 0 Å². The molecular weight excluding hydrogens is 662 g/mol. The highest BCUT2D eigenvalue weighted by Gasteiger charge is 2.51. The number of fused-ring (bicyclic) bond motifs is 3. The molecule has 1 aromatic heterocycles. The Morgan fingerprint density at radius 3 is 2.16 bits per heavy atom. The molecule has 5 nitrogen and oxygen atoms in total. The first-order valence-corrected chi connectivity index (χ1v) is 19.8. The molecule has 0 spiro atoms. The van der Waals surface area contributed by atoms with E-state index < -0.39 is 44.5 Å². The van der Waals surface area contributed by atoms with Crippen LogP contribution in [0.5, 0.6) is 0 Å². The van der Waals surface area contributed by atoms with Gasteiger partial charge >= 0.3 is 0 Å². The maximum atomic E-state index is 16.6. The van der Waals surface area contributed by atoms with Gasteiger partial charge in [-0.1, -0.05) is 105 Å². The van der Waals surface area contributed by atoms with Crippen molar-refractivity contribution in [3.05, 3.63) is 131 Å². The van der Waals surface area contributed by atoms with Crippen LogP contribution in [0.4, 0.5) is 13.2 Å². The summed E-state index contributed by atoms with van der Waals surface area (Å²) >= 11 is 0. The van der Waals surface area contributed by atoms with Crippen LogP contribution in [0.1, 0.15) is 73.8 Å².